The molecule has 1 aromatic heterocycles. The fourth-order valence-corrected chi connectivity index (χ4v) is 3.87. The van der Waals surface area contributed by atoms with Crippen LogP contribution in [0, 0.1) is 0 Å². The molecule has 0 aliphatic carbocycles. The minimum atomic E-state index is -0.197. The van der Waals surface area contributed by atoms with Crippen molar-refractivity contribution in [1.82, 2.24) is 25.1 Å². The average molecular weight is 382 g/mol. The highest BCUT2D eigenvalue weighted by atomic mass is 35.5. The molecule has 0 radical (unpaired) electrons. The zero-order valence-corrected chi connectivity index (χ0v) is 16.7. The van der Waals surface area contributed by atoms with E-state index in [9.17, 15) is 0 Å². The summed E-state index contributed by atoms with van der Waals surface area (Å²) in [6.45, 7) is 8.20. The molecule has 2 heterocycles. The van der Waals surface area contributed by atoms with Crippen LogP contribution < -0.4 is 0 Å². The Kier molecular flexibility index (Phi) is 4.74. The van der Waals surface area contributed by atoms with Crippen molar-refractivity contribution < 1.29 is 0 Å². The Balaban J connectivity index is 1.78. The Bertz CT molecular complexity index is 926. The third-order valence-corrected chi connectivity index (χ3v) is 5.34. The molecule has 2 aromatic carbocycles. The van der Waals surface area contributed by atoms with Crippen molar-refractivity contribution in [2.75, 3.05) is 6.54 Å². The summed E-state index contributed by atoms with van der Waals surface area (Å²) in [6.07, 6.45) is 1.03. The summed E-state index contributed by atoms with van der Waals surface area (Å²) in [5, 5.41) is 13.5. The standard InChI is InChI=1S/C21H24ClN5/c1-21(2,3)27-20(23-24-25-27)19(16-8-10-18(22)11-9-16)26-13-12-15-6-4-5-7-17(15)14-26/h4-11,19H,12-14H2,1-3H3/t19-/m1/s1. The van der Waals surface area contributed by atoms with Gasteiger partial charge in [0.1, 0.15) is 0 Å². The fourth-order valence-electron chi connectivity index (χ4n) is 3.75. The lowest BCUT2D eigenvalue weighted by Crippen LogP contribution is -2.38. The maximum Gasteiger partial charge on any atom is 0.173 e. The van der Waals surface area contributed by atoms with Gasteiger partial charge in [-0.25, -0.2) is 4.68 Å². The number of aromatic nitrogens is 4. The van der Waals surface area contributed by atoms with Crippen LogP contribution in [-0.2, 0) is 18.5 Å². The van der Waals surface area contributed by atoms with Crippen molar-refractivity contribution in [2.24, 2.45) is 0 Å². The second-order valence-corrected chi connectivity index (χ2v) is 8.50. The van der Waals surface area contributed by atoms with E-state index < -0.39 is 0 Å². The summed E-state index contributed by atoms with van der Waals surface area (Å²) in [5.74, 6) is 0.865. The molecule has 1 atom stereocenters. The first-order valence-corrected chi connectivity index (χ1v) is 9.66. The topological polar surface area (TPSA) is 46.8 Å². The van der Waals surface area contributed by atoms with Crippen LogP contribution in [0.3, 0.4) is 0 Å². The lowest BCUT2D eigenvalue weighted by Gasteiger charge is -2.36. The molecule has 4 rings (SSSR count). The van der Waals surface area contributed by atoms with Crippen molar-refractivity contribution in [3.63, 3.8) is 0 Å². The first-order valence-electron chi connectivity index (χ1n) is 9.28. The van der Waals surface area contributed by atoms with Gasteiger partial charge in [0.2, 0.25) is 0 Å². The van der Waals surface area contributed by atoms with Crippen LogP contribution in [0.1, 0.15) is 49.3 Å². The molecule has 0 amide bonds. The van der Waals surface area contributed by atoms with Crippen molar-refractivity contribution >= 4 is 11.6 Å². The molecule has 27 heavy (non-hydrogen) atoms. The van der Waals surface area contributed by atoms with Crippen molar-refractivity contribution in [3.05, 3.63) is 76.1 Å². The predicted octanol–water partition coefficient (Wildman–Crippen LogP) is 4.23. The fraction of sp³-hybridized carbons (Fsp3) is 0.381. The van der Waals surface area contributed by atoms with E-state index in [4.69, 9.17) is 11.6 Å². The summed E-state index contributed by atoms with van der Waals surface area (Å²) in [7, 11) is 0. The Morgan fingerprint density at radius 2 is 1.70 bits per heavy atom. The largest absolute Gasteiger partial charge is 0.285 e. The molecule has 140 valence electrons. The number of nitrogens with zero attached hydrogens (tertiary/aromatic N) is 5. The lowest BCUT2D eigenvalue weighted by atomic mass is 9.95. The van der Waals surface area contributed by atoms with Crippen LogP contribution in [-0.4, -0.2) is 31.7 Å². The van der Waals surface area contributed by atoms with Crippen LogP contribution in [0.25, 0.3) is 0 Å². The molecule has 1 aliphatic heterocycles. The van der Waals surface area contributed by atoms with E-state index in [0.29, 0.717) is 0 Å². The summed E-state index contributed by atoms with van der Waals surface area (Å²) in [4.78, 5) is 2.46. The number of rotatable bonds is 3. The van der Waals surface area contributed by atoms with Gasteiger partial charge in [-0.15, -0.1) is 5.10 Å². The highest BCUT2D eigenvalue weighted by molar-refractivity contribution is 6.30. The van der Waals surface area contributed by atoms with Gasteiger partial charge in [0.25, 0.3) is 0 Å². The molecule has 0 N–H and O–H groups in total. The number of hydrogen-bond acceptors (Lipinski definition) is 4. The zero-order valence-electron chi connectivity index (χ0n) is 15.9. The van der Waals surface area contributed by atoms with Gasteiger partial charge >= 0.3 is 0 Å². The van der Waals surface area contributed by atoms with E-state index in [2.05, 4.69) is 77.6 Å². The van der Waals surface area contributed by atoms with Gasteiger partial charge in [0.15, 0.2) is 5.82 Å². The highest BCUT2D eigenvalue weighted by Gasteiger charge is 2.33. The third kappa shape index (κ3) is 3.62. The Morgan fingerprint density at radius 1 is 1.00 bits per heavy atom. The molecular weight excluding hydrogens is 358 g/mol. The molecule has 0 saturated heterocycles. The van der Waals surface area contributed by atoms with E-state index in [1.807, 2.05) is 16.8 Å². The van der Waals surface area contributed by atoms with Gasteiger partial charge in [-0.2, -0.15) is 0 Å². The lowest BCUT2D eigenvalue weighted by molar-refractivity contribution is 0.185. The molecule has 0 saturated carbocycles. The number of benzene rings is 2. The highest BCUT2D eigenvalue weighted by Crippen LogP contribution is 2.33. The van der Waals surface area contributed by atoms with Crippen molar-refractivity contribution in [2.45, 2.75) is 45.3 Å². The summed E-state index contributed by atoms with van der Waals surface area (Å²) in [6, 6.07) is 16.7. The second-order valence-electron chi connectivity index (χ2n) is 8.06. The molecule has 0 bridgehead atoms. The van der Waals surface area contributed by atoms with E-state index in [1.54, 1.807) is 0 Å². The average Bonchev–Trinajstić information content (AvgIpc) is 3.13. The first kappa shape index (κ1) is 18.1. The van der Waals surface area contributed by atoms with Crippen LogP contribution in [0.2, 0.25) is 5.02 Å². The van der Waals surface area contributed by atoms with E-state index in [1.165, 1.54) is 11.1 Å². The summed E-state index contributed by atoms with van der Waals surface area (Å²) in [5.41, 5.74) is 3.76. The smallest absolute Gasteiger partial charge is 0.173 e. The second kappa shape index (κ2) is 7.06. The minimum absolute atomic E-state index is 0.0233. The Labute approximate surface area is 165 Å². The molecule has 1 aliphatic rings. The molecule has 0 fully saturated rings. The summed E-state index contributed by atoms with van der Waals surface area (Å²) < 4.78 is 1.94. The number of fused-ring (bicyclic) bond motifs is 1. The third-order valence-electron chi connectivity index (χ3n) is 5.08. The molecule has 0 spiro atoms. The van der Waals surface area contributed by atoms with E-state index in [0.717, 1.165) is 35.9 Å². The molecule has 6 heteroatoms. The minimum Gasteiger partial charge on any atom is -0.285 e. The van der Waals surface area contributed by atoms with E-state index in [-0.39, 0.29) is 11.6 Å². The van der Waals surface area contributed by atoms with Crippen LogP contribution in [0.15, 0.2) is 48.5 Å². The monoisotopic (exact) mass is 381 g/mol. The van der Waals surface area contributed by atoms with Crippen molar-refractivity contribution in [3.8, 4) is 0 Å². The molecule has 3 aromatic rings. The van der Waals surface area contributed by atoms with E-state index >= 15 is 0 Å². The Hall–Kier alpha value is -2.24. The normalized spacial score (nSPS) is 16.1. The Morgan fingerprint density at radius 3 is 2.41 bits per heavy atom. The summed E-state index contributed by atoms with van der Waals surface area (Å²) >= 11 is 6.14. The van der Waals surface area contributed by atoms with Crippen LogP contribution in [0.4, 0.5) is 0 Å². The van der Waals surface area contributed by atoms with Gasteiger partial charge in [-0.1, -0.05) is 48.0 Å². The van der Waals surface area contributed by atoms with Gasteiger partial charge in [0.05, 0.1) is 11.6 Å². The number of hydrogen-bond donors (Lipinski definition) is 0. The van der Waals surface area contributed by atoms with Gasteiger partial charge in [-0.3, -0.25) is 4.90 Å². The maximum atomic E-state index is 6.14. The molecular formula is C21H24ClN5. The molecule has 5 nitrogen and oxygen atoms in total. The van der Waals surface area contributed by atoms with Crippen LogP contribution >= 0.6 is 11.6 Å². The zero-order chi connectivity index (χ0) is 19.0. The van der Waals surface area contributed by atoms with Gasteiger partial charge in [0, 0.05) is 18.1 Å². The number of halogens is 1. The SMILES string of the molecule is CC(C)(C)n1nnnc1[C@@H](c1ccc(Cl)cc1)N1CCc2ccccc2C1. The van der Waals surface area contributed by atoms with Crippen molar-refractivity contribution in [1.29, 1.82) is 0 Å². The van der Waals surface area contributed by atoms with Crippen LogP contribution in [0.5, 0.6) is 0 Å². The number of tetrazole rings is 1. The van der Waals surface area contributed by atoms with Gasteiger partial charge < -0.3 is 0 Å². The quantitative estimate of drug-likeness (QED) is 0.681. The maximum absolute atomic E-state index is 6.14. The molecule has 0 unspecified atom stereocenters. The first-order chi connectivity index (χ1) is 12.9. The van der Waals surface area contributed by atoms with Gasteiger partial charge in [-0.05, 0) is 66.4 Å². The predicted molar refractivity (Wildman–Crippen MR) is 107 cm³/mol.